The number of hydrogen-bond donors (Lipinski definition) is 2. The summed E-state index contributed by atoms with van der Waals surface area (Å²) in [6, 6.07) is 11.6. The molecule has 2 aromatic carbocycles. The number of carbonyl (C=O) groups excluding carboxylic acids is 4. The van der Waals surface area contributed by atoms with Crippen LogP contribution in [0.2, 0.25) is 5.02 Å². The van der Waals surface area contributed by atoms with E-state index in [1.54, 1.807) is 49.4 Å². The zero-order chi connectivity index (χ0) is 23.3. The molecule has 0 spiro atoms. The van der Waals surface area contributed by atoms with Gasteiger partial charge >= 0.3 is 5.97 Å². The van der Waals surface area contributed by atoms with Gasteiger partial charge in [0, 0.05) is 17.1 Å². The summed E-state index contributed by atoms with van der Waals surface area (Å²) >= 11 is 6.02. The third-order valence-electron chi connectivity index (χ3n) is 4.93. The number of hydrazine groups is 1. The lowest BCUT2D eigenvalue weighted by Crippen LogP contribution is -2.43. The molecule has 3 amide bonds. The van der Waals surface area contributed by atoms with Gasteiger partial charge in [0.25, 0.3) is 11.8 Å². The van der Waals surface area contributed by atoms with Crippen molar-refractivity contribution in [3.8, 4) is 5.75 Å². The number of carbonyl (C=O) groups is 4. The summed E-state index contributed by atoms with van der Waals surface area (Å²) in [7, 11) is 1.43. The summed E-state index contributed by atoms with van der Waals surface area (Å²) in [6.45, 7) is 1.18. The largest absolute Gasteiger partial charge is 0.496 e. The van der Waals surface area contributed by atoms with Crippen molar-refractivity contribution < 1.29 is 28.7 Å². The Morgan fingerprint density at radius 1 is 1.16 bits per heavy atom. The molecule has 1 atom stereocenters. The Morgan fingerprint density at radius 3 is 2.66 bits per heavy atom. The van der Waals surface area contributed by atoms with E-state index in [1.807, 2.05) is 0 Å². The number of hydrogen-bond acceptors (Lipinski definition) is 6. The predicted molar refractivity (Wildman–Crippen MR) is 116 cm³/mol. The van der Waals surface area contributed by atoms with Crippen LogP contribution in [0, 0.1) is 12.8 Å². The summed E-state index contributed by atoms with van der Waals surface area (Å²) in [5, 5.41) is 4.19. The number of nitrogens with one attached hydrogen (secondary N) is 2. The quantitative estimate of drug-likeness (QED) is 0.614. The molecule has 2 aromatic rings. The molecule has 1 aliphatic heterocycles. The molecular weight excluding hydrogens is 438 g/mol. The molecule has 1 fully saturated rings. The van der Waals surface area contributed by atoms with Gasteiger partial charge in [0.1, 0.15) is 5.75 Å². The van der Waals surface area contributed by atoms with E-state index in [1.165, 1.54) is 7.11 Å². The maximum Gasteiger partial charge on any atom is 0.311 e. The van der Waals surface area contributed by atoms with Gasteiger partial charge in [-0.15, -0.1) is 0 Å². The van der Waals surface area contributed by atoms with Crippen molar-refractivity contribution in [3.63, 3.8) is 0 Å². The highest BCUT2D eigenvalue weighted by atomic mass is 35.5. The first kappa shape index (κ1) is 23.1. The van der Waals surface area contributed by atoms with Crippen molar-refractivity contribution in [3.05, 3.63) is 58.6 Å². The molecule has 1 aliphatic rings. The van der Waals surface area contributed by atoms with Gasteiger partial charge in [-0.3, -0.25) is 29.6 Å². The molecule has 168 valence electrons. The second-order valence-corrected chi connectivity index (χ2v) is 7.52. The predicted octanol–water partition coefficient (Wildman–Crippen LogP) is 2.33. The minimum absolute atomic E-state index is 0.0619. The molecule has 1 saturated heterocycles. The number of esters is 1. The Morgan fingerprint density at radius 2 is 1.91 bits per heavy atom. The fourth-order valence-electron chi connectivity index (χ4n) is 3.17. The molecule has 1 heterocycles. The highest BCUT2D eigenvalue weighted by molar-refractivity contribution is 6.31. The highest BCUT2D eigenvalue weighted by Gasteiger charge is 2.37. The van der Waals surface area contributed by atoms with Crippen LogP contribution < -0.4 is 15.5 Å². The van der Waals surface area contributed by atoms with Crippen LogP contribution in [0.5, 0.6) is 5.75 Å². The summed E-state index contributed by atoms with van der Waals surface area (Å²) in [6.07, 6.45) is -0.139. The van der Waals surface area contributed by atoms with Crippen LogP contribution in [0.15, 0.2) is 42.5 Å². The van der Waals surface area contributed by atoms with E-state index in [0.29, 0.717) is 22.0 Å². The summed E-state index contributed by atoms with van der Waals surface area (Å²) in [5.74, 6) is -2.66. The summed E-state index contributed by atoms with van der Waals surface area (Å²) in [5.41, 5.74) is 3.94. The Bertz CT molecular complexity index is 1060. The van der Waals surface area contributed by atoms with Crippen LogP contribution in [-0.4, -0.2) is 49.0 Å². The van der Waals surface area contributed by atoms with Gasteiger partial charge in [0.2, 0.25) is 5.91 Å². The van der Waals surface area contributed by atoms with E-state index >= 15 is 0 Å². The van der Waals surface area contributed by atoms with Gasteiger partial charge in [-0.25, -0.2) is 0 Å². The van der Waals surface area contributed by atoms with Crippen molar-refractivity contribution in [1.29, 1.82) is 0 Å². The van der Waals surface area contributed by atoms with E-state index in [9.17, 15) is 19.2 Å². The van der Waals surface area contributed by atoms with Crippen molar-refractivity contribution in [2.24, 2.45) is 5.92 Å². The molecule has 32 heavy (non-hydrogen) atoms. The molecule has 0 saturated carbocycles. The minimum atomic E-state index is -0.804. The summed E-state index contributed by atoms with van der Waals surface area (Å²) < 4.78 is 10.2. The maximum atomic E-state index is 12.5. The van der Waals surface area contributed by atoms with Gasteiger partial charge in [0.05, 0.1) is 25.1 Å². The average Bonchev–Trinajstić information content (AvgIpc) is 3.15. The first-order chi connectivity index (χ1) is 15.3. The smallest absolute Gasteiger partial charge is 0.311 e. The van der Waals surface area contributed by atoms with Crippen LogP contribution >= 0.6 is 11.6 Å². The number of anilines is 1. The second-order valence-electron chi connectivity index (χ2n) is 7.11. The van der Waals surface area contributed by atoms with Gasteiger partial charge in [-0.1, -0.05) is 29.8 Å². The normalized spacial score (nSPS) is 15.3. The molecule has 0 unspecified atom stereocenters. The molecular formula is C22H22ClN3O6. The highest BCUT2D eigenvalue weighted by Crippen LogP contribution is 2.23. The first-order valence-corrected chi connectivity index (χ1v) is 10.1. The van der Waals surface area contributed by atoms with E-state index in [4.69, 9.17) is 21.1 Å². The van der Waals surface area contributed by atoms with Crippen LogP contribution in [0.4, 0.5) is 5.69 Å². The number of halogens is 1. The van der Waals surface area contributed by atoms with Crippen molar-refractivity contribution in [1.82, 2.24) is 10.4 Å². The zero-order valence-electron chi connectivity index (χ0n) is 17.5. The minimum Gasteiger partial charge on any atom is -0.496 e. The average molecular weight is 460 g/mol. The van der Waals surface area contributed by atoms with Gasteiger partial charge in [-0.05, 0) is 36.8 Å². The van der Waals surface area contributed by atoms with Crippen LogP contribution in [0.1, 0.15) is 22.3 Å². The van der Waals surface area contributed by atoms with E-state index < -0.39 is 36.2 Å². The molecule has 0 bridgehead atoms. The van der Waals surface area contributed by atoms with Crippen molar-refractivity contribution in [2.45, 2.75) is 13.3 Å². The monoisotopic (exact) mass is 459 g/mol. The molecule has 3 rings (SSSR count). The maximum absolute atomic E-state index is 12.5. The number of amides is 3. The number of benzene rings is 2. The van der Waals surface area contributed by atoms with Crippen LogP contribution in [-0.2, 0) is 19.1 Å². The third kappa shape index (κ3) is 5.36. The fourth-order valence-corrected chi connectivity index (χ4v) is 3.35. The van der Waals surface area contributed by atoms with Gasteiger partial charge < -0.3 is 14.8 Å². The Kier molecular flexibility index (Phi) is 7.32. The van der Waals surface area contributed by atoms with Gasteiger partial charge in [0.15, 0.2) is 6.61 Å². The molecule has 0 aliphatic carbocycles. The fraction of sp³-hybridized carbons (Fsp3) is 0.273. The van der Waals surface area contributed by atoms with Crippen molar-refractivity contribution in [2.75, 3.05) is 25.6 Å². The molecule has 9 nitrogen and oxygen atoms in total. The Hall–Kier alpha value is -3.59. The number of methoxy groups -OCH3 is 1. The Balaban J connectivity index is 1.52. The summed E-state index contributed by atoms with van der Waals surface area (Å²) in [4.78, 5) is 49.2. The van der Waals surface area contributed by atoms with E-state index in [-0.39, 0.29) is 18.5 Å². The number of para-hydroxylation sites is 1. The molecule has 0 aromatic heterocycles. The third-order valence-corrected chi connectivity index (χ3v) is 5.34. The van der Waals surface area contributed by atoms with Crippen LogP contribution in [0.3, 0.4) is 0 Å². The van der Waals surface area contributed by atoms with E-state index in [2.05, 4.69) is 10.7 Å². The second kappa shape index (κ2) is 10.1. The lowest BCUT2D eigenvalue weighted by Gasteiger charge is -2.18. The van der Waals surface area contributed by atoms with E-state index in [0.717, 1.165) is 5.01 Å². The topological polar surface area (TPSA) is 114 Å². The van der Waals surface area contributed by atoms with Gasteiger partial charge in [-0.2, -0.15) is 0 Å². The number of ether oxygens (including phenoxy) is 2. The first-order valence-electron chi connectivity index (χ1n) is 9.76. The lowest BCUT2D eigenvalue weighted by molar-refractivity contribution is -0.151. The SMILES string of the molecule is COc1ccccc1C(=O)NN1C[C@@H](C(=O)OCC(=O)Nc2cccc(Cl)c2C)CC1=O. The standard InChI is InChI=1S/C22H22ClN3O6/c1-13-16(23)7-5-8-17(13)24-19(27)12-32-22(30)14-10-20(28)26(11-14)25-21(29)15-6-3-4-9-18(15)31-2/h3-9,14H,10-12H2,1-2H3,(H,24,27)(H,25,29)/t14-/m0/s1. The molecule has 0 radical (unpaired) electrons. The molecule has 10 heteroatoms. The number of rotatable bonds is 7. The lowest BCUT2D eigenvalue weighted by atomic mass is 10.1. The Labute approximate surface area is 189 Å². The van der Waals surface area contributed by atoms with Crippen molar-refractivity contribution >= 4 is 41.0 Å². The zero-order valence-corrected chi connectivity index (χ0v) is 18.3. The number of nitrogens with zero attached hydrogens (tertiary/aromatic N) is 1. The van der Waals surface area contributed by atoms with Crippen LogP contribution in [0.25, 0.3) is 0 Å². The molecule has 2 N–H and O–H groups in total.